The molecule has 1 aliphatic carbocycles. The van der Waals surface area contributed by atoms with E-state index in [0.717, 1.165) is 6.54 Å². The lowest BCUT2D eigenvalue weighted by Crippen LogP contribution is -2.58. The molecule has 2 fully saturated rings. The monoisotopic (exact) mass is 314 g/mol. The maximum Gasteiger partial charge on any atom is 0.150 e. The Bertz CT molecular complexity index is 536. The maximum absolute atomic E-state index is 11.7. The second-order valence-corrected chi connectivity index (χ2v) is 9.35. The third-order valence-corrected chi connectivity index (χ3v) is 7.15. The van der Waals surface area contributed by atoms with Gasteiger partial charge < -0.3 is 5.73 Å². The van der Waals surface area contributed by atoms with Gasteiger partial charge in [-0.3, -0.25) is 4.90 Å². The van der Waals surface area contributed by atoms with Crippen LogP contribution in [0.4, 0.5) is 0 Å². The third kappa shape index (κ3) is 2.93. The molecule has 1 saturated heterocycles. The molecule has 1 saturated carbocycles. The normalized spacial score (nSPS) is 24.9. The summed E-state index contributed by atoms with van der Waals surface area (Å²) >= 11 is 1.77. The van der Waals surface area contributed by atoms with E-state index in [9.17, 15) is 8.42 Å². The van der Waals surface area contributed by atoms with Crippen LogP contribution in [0.1, 0.15) is 30.6 Å². The molecular weight excluding hydrogens is 292 g/mol. The van der Waals surface area contributed by atoms with Crippen molar-refractivity contribution in [3.05, 3.63) is 22.4 Å². The highest BCUT2D eigenvalue weighted by Gasteiger charge is 2.46. The van der Waals surface area contributed by atoms with Gasteiger partial charge in [0.1, 0.15) is 9.84 Å². The molecule has 1 aromatic heterocycles. The molecule has 4 nitrogen and oxygen atoms in total. The zero-order valence-electron chi connectivity index (χ0n) is 11.6. The summed E-state index contributed by atoms with van der Waals surface area (Å²) in [5.41, 5.74) is 5.97. The van der Waals surface area contributed by atoms with Crippen LogP contribution in [0.3, 0.4) is 0 Å². The van der Waals surface area contributed by atoms with Gasteiger partial charge in [-0.25, -0.2) is 8.42 Å². The summed E-state index contributed by atoms with van der Waals surface area (Å²) in [5.74, 6) is 0.579. The van der Waals surface area contributed by atoms with Crippen LogP contribution in [-0.2, 0) is 16.4 Å². The second-order valence-electron chi connectivity index (χ2n) is 6.02. The van der Waals surface area contributed by atoms with E-state index in [1.165, 1.54) is 17.7 Å². The lowest BCUT2D eigenvalue weighted by Gasteiger charge is -2.46. The lowest BCUT2D eigenvalue weighted by molar-refractivity contribution is 0.0670. The molecule has 0 radical (unpaired) electrons. The van der Waals surface area contributed by atoms with Crippen LogP contribution in [0.5, 0.6) is 0 Å². The van der Waals surface area contributed by atoms with E-state index in [1.54, 1.807) is 11.3 Å². The number of sulfone groups is 1. The first kappa shape index (κ1) is 14.5. The van der Waals surface area contributed by atoms with E-state index < -0.39 is 9.84 Å². The van der Waals surface area contributed by atoms with Crippen molar-refractivity contribution in [2.75, 3.05) is 18.1 Å². The SMILES string of the molecule is NCC1(N(Cc2cccs2)C2CC2)CCS(=O)(=O)CC1. The standard InChI is InChI=1S/C14H22N2O2S2/c15-11-14(5-8-20(17,18)9-6-14)16(12-3-4-12)10-13-2-1-7-19-13/h1-2,7,12H,3-6,8-11,15H2. The molecule has 2 N–H and O–H groups in total. The van der Waals surface area contributed by atoms with Gasteiger partial charge >= 0.3 is 0 Å². The second kappa shape index (κ2) is 5.40. The summed E-state index contributed by atoms with van der Waals surface area (Å²) in [4.78, 5) is 3.85. The summed E-state index contributed by atoms with van der Waals surface area (Å²) in [6.45, 7) is 1.48. The maximum atomic E-state index is 11.7. The predicted molar refractivity (Wildman–Crippen MR) is 82.6 cm³/mol. The molecule has 112 valence electrons. The zero-order chi connectivity index (χ0) is 14.2. The Morgan fingerprint density at radius 3 is 2.55 bits per heavy atom. The molecular formula is C14H22N2O2S2. The van der Waals surface area contributed by atoms with Crippen LogP contribution in [0.25, 0.3) is 0 Å². The fraction of sp³-hybridized carbons (Fsp3) is 0.714. The van der Waals surface area contributed by atoms with Crippen LogP contribution < -0.4 is 5.73 Å². The number of hydrogen-bond donors (Lipinski definition) is 1. The summed E-state index contributed by atoms with van der Waals surface area (Å²) < 4.78 is 23.4. The van der Waals surface area contributed by atoms with Crippen molar-refractivity contribution in [2.45, 2.75) is 43.8 Å². The smallest absolute Gasteiger partial charge is 0.150 e. The summed E-state index contributed by atoms with van der Waals surface area (Å²) in [7, 11) is -2.84. The molecule has 1 aliphatic heterocycles. The van der Waals surface area contributed by atoms with Gasteiger partial charge in [0.05, 0.1) is 11.5 Å². The van der Waals surface area contributed by atoms with Gasteiger partial charge in [-0.05, 0) is 37.1 Å². The first-order valence-electron chi connectivity index (χ1n) is 7.24. The molecule has 0 aromatic carbocycles. The summed E-state index contributed by atoms with van der Waals surface area (Å²) in [5, 5.41) is 2.10. The largest absolute Gasteiger partial charge is 0.329 e. The molecule has 3 rings (SSSR count). The molecule has 0 bridgehead atoms. The Balaban J connectivity index is 1.81. The highest BCUT2D eigenvalue weighted by molar-refractivity contribution is 7.91. The number of nitrogens with two attached hydrogens (primary N) is 1. The highest BCUT2D eigenvalue weighted by Crippen LogP contribution is 2.40. The van der Waals surface area contributed by atoms with Crippen LogP contribution in [-0.4, -0.2) is 42.9 Å². The van der Waals surface area contributed by atoms with Crippen molar-refractivity contribution in [1.82, 2.24) is 4.90 Å². The molecule has 0 spiro atoms. The topological polar surface area (TPSA) is 63.4 Å². The first-order chi connectivity index (χ1) is 9.55. The van der Waals surface area contributed by atoms with E-state index in [2.05, 4.69) is 22.4 Å². The van der Waals surface area contributed by atoms with Crippen molar-refractivity contribution < 1.29 is 8.42 Å². The van der Waals surface area contributed by atoms with E-state index in [1.807, 2.05) is 0 Å². The van der Waals surface area contributed by atoms with Gasteiger partial charge in [0, 0.05) is 29.5 Å². The quantitative estimate of drug-likeness (QED) is 0.897. The van der Waals surface area contributed by atoms with Gasteiger partial charge in [0.2, 0.25) is 0 Å². The van der Waals surface area contributed by atoms with Gasteiger partial charge in [0.25, 0.3) is 0 Å². The highest BCUT2D eigenvalue weighted by atomic mass is 32.2. The first-order valence-corrected chi connectivity index (χ1v) is 9.94. The minimum absolute atomic E-state index is 0.115. The number of thiophene rings is 1. The van der Waals surface area contributed by atoms with Crippen LogP contribution in [0.15, 0.2) is 17.5 Å². The summed E-state index contributed by atoms with van der Waals surface area (Å²) in [6.07, 6.45) is 3.82. The number of nitrogens with zero attached hydrogens (tertiary/aromatic N) is 1. The summed E-state index contributed by atoms with van der Waals surface area (Å²) in [6, 6.07) is 4.83. The molecule has 0 unspecified atom stereocenters. The minimum Gasteiger partial charge on any atom is -0.329 e. The zero-order valence-corrected chi connectivity index (χ0v) is 13.3. The molecule has 1 aromatic rings. The van der Waals surface area contributed by atoms with E-state index in [-0.39, 0.29) is 17.0 Å². The minimum atomic E-state index is -2.84. The number of hydrogen-bond acceptors (Lipinski definition) is 5. The van der Waals surface area contributed by atoms with Crippen molar-refractivity contribution in [1.29, 1.82) is 0 Å². The van der Waals surface area contributed by atoms with Crippen molar-refractivity contribution in [3.8, 4) is 0 Å². The average Bonchev–Trinajstić information content (AvgIpc) is 3.14. The van der Waals surface area contributed by atoms with Gasteiger partial charge in [0.15, 0.2) is 0 Å². The fourth-order valence-corrected chi connectivity index (χ4v) is 5.46. The average molecular weight is 314 g/mol. The fourth-order valence-electron chi connectivity index (χ4n) is 3.17. The van der Waals surface area contributed by atoms with Gasteiger partial charge in [-0.2, -0.15) is 0 Å². The number of rotatable bonds is 5. The van der Waals surface area contributed by atoms with Crippen LogP contribution >= 0.6 is 11.3 Å². The Morgan fingerprint density at radius 1 is 1.35 bits per heavy atom. The van der Waals surface area contributed by atoms with Crippen LogP contribution in [0.2, 0.25) is 0 Å². The molecule has 2 heterocycles. The lowest BCUT2D eigenvalue weighted by atomic mass is 9.89. The Morgan fingerprint density at radius 2 is 2.05 bits per heavy atom. The third-order valence-electron chi connectivity index (χ3n) is 4.64. The molecule has 20 heavy (non-hydrogen) atoms. The van der Waals surface area contributed by atoms with E-state index >= 15 is 0 Å². The Labute approximate surface area is 124 Å². The van der Waals surface area contributed by atoms with E-state index in [0.29, 0.717) is 25.4 Å². The predicted octanol–water partition coefficient (Wildman–Crippen LogP) is 1.62. The van der Waals surface area contributed by atoms with Gasteiger partial charge in [-0.1, -0.05) is 6.07 Å². The molecule has 2 aliphatic rings. The molecule has 6 heteroatoms. The molecule has 0 amide bonds. The Hall–Kier alpha value is -0.430. The van der Waals surface area contributed by atoms with Crippen molar-refractivity contribution >= 4 is 21.2 Å². The van der Waals surface area contributed by atoms with Crippen molar-refractivity contribution in [2.24, 2.45) is 5.73 Å². The molecule has 0 atom stereocenters. The van der Waals surface area contributed by atoms with Crippen LogP contribution in [0, 0.1) is 0 Å². The van der Waals surface area contributed by atoms with Gasteiger partial charge in [-0.15, -0.1) is 11.3 Å². The van der Waals surface area contributed by atoms with E-state index in [4.69, 9.17) is 5.73 Å². The Kier molecular flexibility index (Phi) is 3.92. The van der Waals surface area contributed by atoms with Crippen molar-refractivity contribution in [3.63, 3.8) is 0 Å².